The molecule has 2 aromatic heterocycles. The Morgan fingerprint density at radius 1 is 1.15 bits per heavy atom. The molecule has 5 atom stereocenters. The van der Waals surface area contributed by atoms with E-state index >= 15 is 0 Å². The lowest BCUT2D eigenvalue weighted by molar-refractivity contribution is -0.157. The third kappa shape index (κ3) is 6.75. The molecule has 1 fully saturated rings. The maximum Gasteiger partial charge on any atom is 0.324 e. The first-order chi connectivity index (χ1) is 18.8. The van der Waals surface area contributed by atoms with Crippen LogP contribution in [0.5, 0.6) is 0 Å². The lowest BCUT2D eigenvalue weighted by Crippen LogP contribution is -2.44. The molecule has 1 aliphatic rings. The fraction of sp³-hybridized carbons (Fsp3) is 0.538. The first kappa shape index (κ1) is 29.8. The minimum absolute atomic E-state index is 0.0493. The van der Waals surface area contributed by atoms with Crippen LogP contribution < -0.4 is 10.5 Å². The Bertz CT molecular complexity index is 1440. The van der Waals surface area contributed by atoms with Gasteiger partial charge in [-0.1, -0.05) is 30.5 Å². The first-order valence-electron chi connectivity index (χ1n) is 13.0. The van der Waals surface area contributed by atoms with Crippen molar-refractivity contribution >= 4 is 33.0 Å². The van der Waals surface area contributed by atoms with Crippen molar-refractivity contribution in [2.24, 2.45) is 0 Å². The number of benzene rings is 1. The zero-order valence-electron chi connectivity index (χ0n) is 22.9. The van der Waals surface area contributed by atoms with E-state index in [1.807, 2.05) is 6.92 Å². The Morgan fingerprint density at radius 3 is 2.52 bits per heavy atom. The predicted octanol–water partition coefficient (Wildman–Crippen LogP) is 1.59. The molecule has 0 bridgehead atoms. The fourth-order valence-electron chi connectivity index (χ4n) is 4.52. The Kier molecular flexibility index (Phi) is 8.75. The van der Waals surface area contributed by atoms with Gasteiger partial charge in [0.25, 0.3) is 0 Å². The molecule has 1 saturated heterocycles. The number of imidazole rings is 1. The van der Waals surface area contributed by atoms with Gasteiger partial charge in [0, 0.05) is 0 Å². The summed E-state index contributed by atoms with van der Waals surface area (Å²) in [7, 11) is -3.98. The van der Waals surface area contributed by atoms with E-state index in [-0.39, 0.29) is 17.1 Å². The standard InChI is InChI=1S/C26H36N6O7S/c1-15-9-11-16(12-10-15)40(36,37)31-17(25(35)39-26(2,3)4)7-5-6-8-18-20(33)21(34)24(38-18)32-14-30-19-22(27)28-13-29-23(19)32/h9-14,17-18,20-21,24,31,33-34H,5-8H2,1-4H3,(H2,27,28,29)/t17-,18+,20+,21+,24+/m0/s1. The van der Waals surface area contributed by atoms with E-state index in [9.17, 15) is 23.4 Å². The number of ether oxygens (including phenoxy) is 2. The van der Waals surface area contributed by atoms with E-state index in [4.69, 9.17) is 15.2 Å². The normalized spacial score (nSPS) is 22.4. The van der Waals surface area contributed by atoms with Crippen LogP contribution >= 0.6 is 0 Å². The molecule has 3 aromatic rings. The van der Waals surface area contributed by atoms with E-state index in [2.05, 4.69) is 19.7 Å². The molecule has 1 aliphatic heterocycles. The van der Waals surface area contributed by atoms with E-state index in [1.165, 1.54) is 29.4 Å². The van der Waals surface area contributed by atoms with Crippen LogP contribution in [0, 0.1) is 6.92 Å². The van der Waals surface area contributed by atoms with Crippen LogP contribution in [0.15, 0.2) is 41.8 Å². The maximum absolute atomic E-state index is 13.0. The molecule has 14 heteroatoms. The Balaban J connectivity index is 1.39. The number of hydrogen-bond donors (Lipinski definition) is 4. The van der Waals surface area contributed by atoms with Crippen molar-refractivity contribution < 1.29 is 32.9 Å². The van der Waals surface area contributed by atoms with Crippen LogP contribution in [-0.4, -0.2) is 74.1 Å². The third-order valence-electron chi connectivity index (χ3n) is 6.55. The molecular weight excluding hydrogens is 540 g/mol. The molecule has 0 radical (unpaired) electrons. The van der Waals surface area contributed by atoms with Crippen molar-refractivity contribution in [3.05, 3.63) is 42.5 Å². The average molecular weight is 577 g/mol. The second kappa shape index (κ2) is 11.7. The second-order valence-corrected chi connectivity index (χ2v) is 12.6. The molecule has 0 unspecified atom stereocenters. The van der Waals surface area contributed by atoms with Gasteiger partial charge in [0.05, 0.1) is 17.3 Å². The number of rotatable bonds is 10. The summed E-state index contributed by atoms with van der Waals surface area (Å²) in [4.78, 5) is 25.2. The van der Waals surface area contributed by atoms with Crippen molar-refractivity contribution in [1.82, 2.24) is 24.2 Å². The van der Waals surface area contributed by atoms with Gasteiger partial charge in [-0.2, -0.15) is 4.72 Å². The van der Waals surface area contributed by atoms with Crippen molar-refractivity contribution in [3.8, 4) is 0 Å². The second-order valence-electron chi connectivity index (χ2n) is 10.9. The molecule has 40 heavy (non-hydrogen) atoms. The topological polar surface area (TPSA) is 192 Å². The van der Waals surface area contributed by atoms with Gasteiger partial charge in [0.1, 0.15) is 35.7 Å². The number of esters is 1. The van der Waals surface area contributed by atoms with E-state index in [1.54, 1.807) is 32.9 Å². The van der Waals surface area contributed by atoms with Gasteiger partial charge in [0.15, 0.2) is 17.7 Å². The number of carbonyl (C=O) groups excluding carboxylic acids is 1. The molecule has 218 valence electrons. The third-order valence-corrected chi connectivity index (χ3v) is 8.04. The summed E-state index contributed by atoms with van der Waals surface area (Å²) in [6.07, 6.45) is 0.0526. The minimum Gasteiger partial charge on any atom is -0.459 e. The number of aromatic nitrogens is 4. The predicted molar refractivity (Wildman–Crippen MR) is 145 cm³/mol. The zero-order valence-corrected chi connectivity index (χ0v) is 23.7. The number of aliphatic hydroxyl groups is 2. The van der Waals surface area contributed by atoms with E-state index in [0.717, 1.165) is 5.56 Å². The quantitative estimate of drug-likeness (QED) is 0.202. The lowest BCUT2D eigenvalue weighted by Gasteiger charge is -2.24. The Hall–Kier alpha value is -3.17. The number of nitrogens with one attached hydrogen (secondary N) is 1. The highest BCUT2D eigenvalue weighted by Crippen LogP contribution is 2.34. The summed E-state index contributed by atoms with van der Waals surface area (Å²) >= 11 is 0. The fourth-order valence-corrected chi connectivity index (χ4v) is 5.74. The number of fused-ring (bicyclic) bond motifs is 1. The molecule has 0 spiro atoms. The number of nitrogens with zero attached hydrogens (tertiary/aromatic N) is 4. The number of nitrogen functional groups attached to an aromatic ring is 1. The number of unbranched alkanes of at least 4 members (excludes halogenated alkanes) is 1. The molecule has 5 N–H and O–H groups in total. The van der Waals surface area contributed by atoms with Gasteiger partial charge in [-0.15, -0.1) is 0 Å². The minimum atomic E-state index is -3.98. The molecule has 13 nitrogen and oxygen atoms in total. The molecule has 1 aromatic carbocycles. The SMILES string of the molecule is Cc1ccc(S(=O)(=O)N[C@@H](CCCC[C@H]2O[C@@H](n3cnc4c(N)ncnc43)[C@H](O)[C@@H]2O)C(=O)OC(C)(C)C)cc1. The van der Waals surface area contributed by atoms with Gasteiger partial charge < -0.3 is 25.4 Å². The molecule has 0 saturated carbocycles. The van der Waals surface area contributed by atoms with Gasteiger partial charge in [0.2, 0.25) is 10.0 Å². The Labute approximate surface area is 232 Å². The van der Waals surface area contributed by atoms with Crippen LogP contribution in [0.2, 0.25) is 0 Å². The van der Waals surface area contributed by atoms with E-state index < -0.39 is 52.2 Å². The van der Waals surface area contributed by atoms with Gasteiger partial charge >= 0.3 is 5.97 Å². The van der Waals surface area contributed by atoms with Crippen LogP contribution in [0.3, 0.4) is 0 Å². The number of nitrogens with two attached hydrogens (primary N) is 1. The zero-order chi connectivity index (χ0) is 29.2. The summed E-state index contributed by atoms with van der Waals surface area (Å²) in [5, 5.41) is 21.3. The van der Waals surface area contributed by atoms with Crippen molar-refractivity contribution in [2.75, 3.05) is 5.73 Å². The molecular formula is C26H36N6O7S. The summed E-state index contributed by atoms with van der Waals surface area (Å²) in [5.41, 5.74) is 6.67. The number of carbonyl (C=O) groups is 1. The molecule has 4 rings (SSSR count). The van der Waals surface area contributed by atoms with E-state index in [0.29, 0.717) is 30.4 Å². The highest BCUT2D eigenvalue weighted by Gasteiger charge is 2.44. The number of aliphatic hydroxyl groups excluding tert-OH is 2. The summed E-state index contributed by atoms with van der Waals surface area (Å²) in [5.74, 6) is -0.491. The van der Waals surface area contributed by atoms with Gasteiger partial charge in [-0.3, -0.25) is 9.36 Å². The van der Waals surface area contributed by atoms with Crippen LogP contribution in [0.4, 0.5) is 5.82 Å². The maximum atomic E-state index is 13.0. The summed E-state index contributed by atoms with van der Waals surface area (Å²) in [6, 6.07) is 5.21. The number of aryl methyl sites for hydroxylation is 1. The smallest absolute Gasteiger partial charge is 0.324 e. The molecule has 3 heterocycles. The number of hydrogen-bond acceptors (Lipinski definition) is 11. The van der Waals surface area contributed by atoms with Gasteiger partial charge in [-0.25, -0.2) is 23.4 Å². The lowest BCUT2D eigenvalue weighted by atomic mass is 10.0. The summed E-state index contributed by atoms with van der Waals surface area (Å²) in [6.45, 7) is 6.98. The summed E-state index contributed by atoms with van der Waals surface area (Å²) < 4.78 is 41.4. The number of sulfonamides is 1. The highest BCUT2D eigenvalue weighted by molar-refractivity contribution is 7.89. The van der Waals surface area contributed by atoms with Crippen LogP contribution in [-0.2, 0) is 24.3 Å². The van der Waals surface area contributed by atoms with Gasteiger partial charge in [-0.05, 0) is 52.7 Å². The average Bonchev–Trinajstić information content (AvgIpc) is 3.42. The van der Waals surface area contributed by atoms with Crippen LogP contribution in [0.25, 0.3) is 11.2 Å². The van der Waals surface area contributed by atoms with Crippen LogP contribution in [0.1, 0.15) is 58.2 Å². The van der Waals surface area contributed by atoms with Crippen molar-refractivity contribution in [2.45, 2.75) is 94.5 Å². The van der Waals surface area contributed by atoms with Crippen molar-refractivity contribution in [1.29, 1.82) is 0 Å². The molecule has 0 amide bonds. The highest BCUT2D eigenvalue weighted by atomic mass is 32.2. The number of anilines is 1. The largest absolute Gasteiger partial charge is 0.459 e. The molecule has 0 aliphatic carbocycles. The Morgan fingerprint density at radius 2 is 1.85 bits per heavy atom. The monoisotopic (exact) mass is 576 g/mol. The van der Waals surface area contributed by atoms with Crippen molar-refractivity contribution in [3.63, 3.8) is 0 Å². The first-order valence-corrected chi connectivity index (χ1v) is 14.5.